The lowest BCUT2D eigenvalue weighted by atomic mass is 9.97. The molecule has 0 fully saturated rings. The molecular formula is C32H24Cl2F2N2O2. The third-order valence-corrected chi connectivity index (χ3v) is 7.35. The molecular weight excluding hydrogens is 553 g/mol. The highest BCUT2D eigenvalue weighted by Gasteiger charge is 2.22. The van der Waals surface area contributed by atoms with E-state index < -0.39 is 12.7 Å². The van der Waals surface area contributed by atoms with Gasteiger partial charge in [-0.15, -0.1) is 0 Å². The Kier molecular flexibility index (Phi) is 8.24. The number of hydrogen-bond acceptors (Lipinski definition) is 4. The zero-order chi connectivity index (χ0) is 28.4. The predicted molar refractivity (Wildman–Crippen MR) is 157 cm³/mol. The van der Waals surface area contributed by atoms with E-state index in [1.54, 1.807) is 42.6 Å². The van der Waals surface area contributed by atoms with E-state index >= 15 is 0 Å². The van der Waals surface area contributed by atoms with E-state index in [1.807, 2.05) is 18.2 Å². The predicted octanol–water partition coefficient (Wildman–Crippen LogP) is 7.61. The first kappa shape index (κ1) is 27.9. The summed E-state index contributed by atoms with van der Waals surface area (Å²) in [7, 11) is 0. The van der Waals surface area contributed by atoms with E-state index in [-0.39, 0.29) is 16.8 Å². The van der Waals surface area contributed by atoms with Gasteiger partial charge in [-0.05, 0) is 88.2 Å². The van der Waals surface area contributed by atoms with Crippen LogP contribution in [0, 0.1) is 11.6 Å². The second-order valence-electron chi connectivity index (χ2n) is 9.41. The lowest BCUT2D eigenvalue weighted by Crippen LogP contribution is -2.07. The van der Waals surface area contributed by atoms with Crippen molar-refractivity contribution in [2.24, 2.45) is 0 Å². The van der Waals surface area contributed by atoms with Crippen molar-refractivity contribution in [2.45, 2.75) is 18.9 Å². The Balaban J connectivity index is 0.000000162. The van der Waals surface area contributed by atoms with Crippen LogP contribution in [0.2, 0.25) is 10.3 Å². The molecule has 2 aromatic heterocycles. The smallest absolute Gasteiger partial charge is 0.130 e. The van der Waals surface area contributed by atoms with Crippen molar-refractivity contribution in [3.8, 4) is 0 Å². The van der Waals surface area contributed by atoms with Crippen molar-refractivity contribution in [1.82, 2.24) is 9.97 Å². The topological polar surface area (TPSA) is 66.2 Å². The summed E-state index contributed by atoms with van der Waals surface area (Å²) >= 11 is 11.9. The van der Waals surface area contributed by atoms with Crippen molar-refractivity contribution in [3.63, 3.8) is 0 Å². The normalized spacial score (nSPS) is 13.9. The number of pyridine rings is 2. The zero-order valence-corrected chi connectivity index (χ0v) is 22.7. The molecule has 0 radical (unpaired) electrons. The van der Waals surface area contributed by atoms with Gasteiger partial charge < -0.3 is 10.2 Å². The maximum atomic E-state index is 13.8. The maximum absolute atomic E-state index is 13.8. The Morgan fingerprint density at radius 1 is 0.850 bits per heavy atom. The van der Waals surface area contributed by atoms with Gasteiger partial charge in [0.15, 0.2) is 0 Å². The monoisotopic (exact) mass is 576 g/mol. The number of fused-ring (bicyclic) bond motifs is 2. The van der Waals surface area contributed by atoms with E-state index in [2.05, 4.69) is 16.5 Å². The van der Waals surface area contributed by atoms with Crippen LogP contribution in [0.25, 0.3) is 29.4 Å². The van der Waals surface area contributed by atoms with Gasteiger partial charge >= 0.3 is 0 Å². The van der Waals surface area contributed by atoms with Crippen LogP contribution in [-0.2, 0) is 12.8 Å². The van der Waals surface area contributed by atoms with E-state index in [0.29, 0.717) is 40.2 Å². The molecule has 2 aliphatic carbocycles. The molecule has 1 unspecified atom stereocenters. The van der Waals surface area contributed by atoms with Crippen LogP contribution < -0.4 is 0 Å². The summed E-state index contributed by atoms with van der Waals surface area (Å²) in [6.07, 6.45) is 8.71. The Labute approximate surface area is 240 Å². The summed E-state index contributed by atoms with van der Waals surface area (Å²) in [5.41, 5.74) is 8.05. The van der Waals surface area contributed by atoms with E-state index in [1.165, 1.54) is 18.3 Å². The third-order valence-electron chi connectivity index (χ3n) is 6.93. The van der Waals surface area contributed by atoms with Crippen LogP contribution in [0.4, 0.5) is 8.78 Å². The highest BCUT2D eigenvalue weighted by atomic mass is 35.5. The number of aliphatic hydroxyl groups excluding tert-OH is 2. The fourth-order valence-electron chi connectivity index (χ4n) is 4.97. The van der Waals surface area contributed by atoms with Crippen LogP contribution in [-0.4, -0.2) is 26.8 Å². The molecule has 8 heteroatoms. The molecule has 0 spiro atoms. The van der Waals surface area contributed by atoms with Gasteiger partial charge in [0.2, 0.25) is 0 Å². The Hall–Kier alpha value is -3.68. The van der Waals surface area contributed by atoms with Gasteiger partial charge in [0.25, 0.3) is 0 Å². The first-order valence-electron chi connectivity index (χ1n) is 12.5. The molecule has 4 nitrogen and oxygen atoms in total. The number of allylic oxidation sites excluding steroid dienone is 2. The standard InChI is InChI=1S/C16H13ClFNO2.C16H11ClFN/c17-16-6-11(13(7-19-16)15(21)8-20)10-4-9-2-1-3-14(18)12(9)5-10;1-2-10-9-19-16(17)8-13(10)12-6-11-4-3-5-15(18)14(11)7-12/h1-3,5-7,15,20-21H,4,8H2;2-5,7-9H,1,6H2. The van der Waals surface area contributed by atoms with Gasteiger partial charge in [0.05, 0.1) is 6.61 Å². The van der Waals surface area contributed by atoms with Gasteiger partial charge in [-0.3, -0.25) is 0 Å². The molecule has 0 saturated carbocycles. The number of nitrogens with zero attached hydrogens (tertiary/aromatic N) is 2. The second kappa shape index (κ2) is 11.8. The van der Waals surface area contributed by atoms with Crippen molar-refractivity contribution >= 4 is 52.6 Å². The maximum Gasteiger partial charge on any atom is 0.130 e. The van der Waals surface area contributed by atoms with Crippen molar-refractivity contribution in [3.05, 3.63) is 134 Å². The molecule has 0 bridgehead atoms. The Morgan fingerprint density at radius 3 is 1.90 bits per heavy atom. The minimum atomic E-state index is -1.04. The summed E-state index contributed by atoms with van der Waals surface area (Å²) in [6.45, 7) is 3.36. The van der Waals surface area contributed by atoms with Gasteiger partial charge in [0, 0.05) is 29.1 Å². The van der Waals surface area contributed by atoms with Gasteiger partial charge in [-0.2, -0.15) is 0 Å². The molecule has 2 heterocycles. The summed E-state index contributed by atoms with van der Waals surface area (Å²) in [4.78, 5) is 7.98. The fraction of sp³-hybridized carbons (Fsp3) is 0.125. The number of hydrogen-bond donors (Lipinski definition) is 2. The molecule has 0 aliphatic heterocycles. The molecule has 0 amide bonds. The van der Waals surface area contributed by atoms with Crippen molar-refractivity contribution in [2.75, 3.05) is 6.61 Å². The van der Waals surface area contributed by atoms with Crippen LogP contribution in [0.1, 0.15) is 50.6 Å². The number of aromatic nitrogens is 2. The summed E-state index contributed by atoms with van der Waals surface area (Å²) in [6, 6.07) is 13.5. The van der Waals surface area contributed by atoms with E-state index in [9.17, 15) is 13.9 Å². The van der Waals surface area contributed by atoms with Gasteiger partial charge in [-0.1, -0.05) is 60.1 Å². The minimum Gasteiger partial charge on any atom is -0.393 e. The van der Waals surface area contributed by atoms with Gasteiger partial charge in [0.1, 0.15) is 28.0 Å². The highest BCUT2D eigenvalue weighted by molar-refractivity contribution is 6.30. The Bertz CT molecular complexity index is 1680. The molecule has 202 valence electrons. The molecule has 0 saturated heterocycles. The van der Waals surface area contributed by atoms with Gasteiger partial charge in [-0.25, -0.2) is 18.7 Å². The van der Waals surface area contributed by atoms with Crippen molar-refractivity contribution in [1.29, 1.82) is 0 Å². The lowest BCUT2D eigenvalue weighted by Gasteiger charge is -2.14. The third kappa shape index (κ3) is 5.62. The number of benzene rings is 2. The average Bonchev–Trinajstić information content (AvgIpc) is 3.59. The Morgan fingerprint density at radius 2 is 1.38 bits per heavy atom. The molecule has 2 aromatic carbocycles. The summed E-state index contributed by atoms with van der Waals surface area (Å²) < 4.78 is 27.6. The first-order valence-corrected chi connectivity index (χ1v) is 13.2. The van der Waals surface area contributed by atoms with Crippen LogP contribution >= 0.6 is 23.2 Å². The number of rotatable bonds is 5. The molecule has 2 N–H and O–H groups in total. The molecule has 4 aromatic rings. The lowest BCUT2D eigenvalue weighted by molar-refractivity contribution is 0.0951. The highest BCUT2D eigenvalue weighted by Crippen LogP contribution is 2.37. The molecule has 1 atom stereocenters. The largest absolute Gasteiger partial charge is 0.393 e. The first-order chi connectivity index (χ1) is 19.3. The van der Waals surface area contributed by atoms with E-state index in [4.69, 9.17) is 28.3 Å². The zero-order valence-electron chi connectivity index (χ0n) is 21.2. The summed E-state index contributed by atoms with van der Waals surface area (Å²) in [5, 5.41) is 19.8. The quantitative estimate of drug-likeness (QED) is 0.240. The minimum absolute atomic E-state index is 0.187. The van der Waals surface area contributed by atoms with Crippen LogP contribution in [0.5, 0.6) is 0 Å². The molecule has 40 heavy (non-hydrogen) atoms. The molecule has 2 aliphatic rings. The number of halogens is 4. The number of aliphatic hydroxyl groups is 2. The molecule has 6 rings (SSSR count). The SMILES string of the molecule is C=Cc1cnc(Cl)cc1C1=Cc2c(F)cccc2C1.OCC(O)c1cnc(Cl)cc1C1=Cc2c(F)cccc2C1. The van der Waals surface area contributed by atoms with Crippen LogP contribution in [0.15, 0.2) is 67.5 Å². The second-order valence-corrected chi connectivity index (χ2v) is 10.2. The van der Waals surface area contributed by atoms with Crippen LogP contribution in [0.3, 0.4) is 0 Å². The fourth-order valence-corrected chi connectivity index (χ4v) is 5.28. The van der Waals surface area contributed by atoms with E-state index in [0.717, 1.165) is 33.4 Å². The average molecular weight is 577 g/mol. The summed E-state index contributed by atoms with van der Waals surface area (Å²) in [5.74, 6) is -0.459. The van der Waals surface area contributed by atoms with Crippen molar-refractivity contribution < 1.29 is 19.0 Å².